The van der Waals surface area contributed by atoms with Gasteiger partial charge in [-0.25, -0.2) is 0 Å². The third-order valence-corrected chi connectivity index (χ3v) is 2.89. The molecule has 0 heterocycles. The van der Waals surface area contributed by atoms with Crippen LogP contribution < -0.4 is 0 Å². The van der Waals surface area contributed by atoms with E-state index in [4.69, 9.17) is 5.73 Å². The average molecular weight is 376 g/mol. The van der Waals surface area contributed by atoms with E-state index in [9.17, 15) is 0 Å². The molecule has 20 heavy (non-hydrogen) atoms. The number of halogens is 1. The molecule has 2 nitrogen and oxygen atoms in total. The van der Waals surface area contributed by atoms with Gasteiger partial charge < -0.3 is 18.5 Å². The first kappa shape index (κ1) is 19.3. The fourth-order valence-electron chi connectivity index (χ4n) is 1.98. The van der Waals surface area contributed by atoms with Gasteiger partial charge in [-0.1, -0.05) is 71.8 Å². The predicted molar refractivity (Wildman–Crippen MR) is 84.2 cm³/mol. The van der Waals surface area contributed by atoms with E-state index in [0.29, 0.717) is 0 Å². The first-order valence-corrected chi connectivity index (χ1v) is 8.10. The van der Waals surface area contributed by atoms with Crippen molar-refractivity contribution in [3.8, 4) is 0 Å². The van der Waals surface area contributed by atoms with Crippen molar-refractivity contribution in [2.45, 2.75) is 12.1 Å². The van der Waals surface area contributed by atoms with Crippen LogP contribution in [-0.2, 0) is 17.3 Å². The Morgan fingerprint density at radius 2 is 1.30 bits per heavy atom. The van der Waals surface area contributed by atoms with E-state index in [2.05, 4.69) is 15.0 Å². The molecule has 4 heteroatoms. The van der Waals surface area contributed by atoms with Crippen LogP contribution in [0.1, 0.15) is 23.2 Å². The summed E-state index contributed by atoms with van der Waals surface area (Å²) in [5, 5.41) is 4.35. The van der Waals surface area contributed by atoms with Crippen LogP contribution in [0, 0.1) is 7.43 Å². The van der Waals surface area contributed by atoms with Crippen LogP contribution in [0.15, 0.2) is 60.7 Å². The molecule has 0 aliphatic rings. The maximum atomic E-state index is 8.31. The Kier molecular flexibility index (Phi) is 10.6. The van der Waals surface area contributed by atoms with E-state index < -0.39 is 0 Å². The van der Waals surface area contributed by atoms with E-state index in [-0.39, 0.29) is 19.5 Å². The molecular formula is C16H19ClN2Ru. The molecule has 0 unspecified atom stereocenters. The monoisotopic (exact) mass is 376 g/mol. The minimum absolute atomic E-state index is 0. The van der Waals surface area contributed by atoms with Gasteiger partial charge in [0.15, 0.2) is 0 Å². The Hall–Kier alpha value is -0.727. The van der Waals surface area contributed by atoms with Gasteiger partial charge in [0.25, 0.3) is 0 Å². The minimum atomic E-state index is -0.344. The number of likely N-dealkylation sites (N-methyl/N-ethyl adjacent to an activating group) is 1. The fraction of sp³-hybridized carbons (Fsp3) is 0.188. The number of hydrogen-bond donors (Lipinski definition) is 0. The van der Waals surface area contributed by atoms with Crippen LogP contribution in [0.25, 0.3) is 11.1 Å². The van der Waals surface area contributed by atoms with E-state index in [1.807, 2.05) is 78.0 Å². The summed E-state index contributed by atoms with van der Waals surface area (Å²) in [5.41, 5.74) is 10.4. The van der Waals surface area contributed by atoms with Crippen LogP contribution in [0.3, 0.4) is 0 Å². The molecule has 0 saturated heterocycles. The van der Waals surface area contributed by atoms with Crippen molar-refractivity contribution >= 4 is 9.69 Å². The molecule has 0 radical (unpaired) electrons. The molecule has 0 saturated carbocycles. The second-order valence-electron chi connectivity index (χ2n) is 4.00. The van der Waals surface area contributed by atoms with E-state index in [1.54, 1.807) is 7.05 Å². The Labute approximate surface area is 136 Å². The summed E-state index contributed by atoms with van der Waals surface area (Å²) in [7, 11) is 6.35. The molecule has 1 N–H and O–H groups in total. The van der Waals surface area contributed by atoms with Gasteiger partial charge in [-0.3, -0.25) is 0 Å². The molecule has 2 aromatic rings. The van der Waals surface area contributed by atoms with Gasteiger partial charge >= 0.3 is 27.0 Å². The normalized spacial score (nSPS) is 12.3. The van der Waals surface area contributed by atoms with E-state index >= 15 is 0 Å². The van der Waals surface area contributed by atoms with Gasteiger partial charge in [0.2, 0.25) is 0 Å². The molecule has 0 aliphatic carbocycles. The molecule has 2 rings (SSSR count). The molecule has 0 bridgehead atoms. The summed E-state index contributed by atoms with van der Waals surface area (Å²) in [6, 6.07) is 19.5. The Morgan fingerprint density at radius 3 is 1.70 bits per heavy atom. The predicted octanol–water partition coefficient (Wildman–Crippen LogP) is 5.66. The SMILES string of the molecule is C[N-][C@@H](c1ccccc1)[C@@H]([NH-])c1ccccc1.[CH3-].[Cl][Ru+3]. The van der Waals surface area contributed by atoms with Gasteiger partial charge in [-0.2, -0.15) is 7.05 Å². The van der Waals surface area contributed by atoms with Gasteiger partial charge in [0.05, 0.1) is 0 Å². The Morgan fingerprint density at radius 1 is 0.900 bits per heavy atom. The standard InChI is InChI=1S/C15H16N2.CH3.ClH.Ru/c1-17-15(13-10-6-3-7-11-13)14(16)12-8-4-2-5-9-12;;;/h2-11,14-16H,1H3;1H3;1H;/q-2;-1;;+4/p-1/t14-,15-;;;/m0.../s1. The van der Waals surface area contributed by atoms with Crippen LogP contribution in [0.5, 0.6) is 0 Å². The Balaban J connectivity index is 0.00000115. The zero-order valence-corrected chi connectivity index (χ0v) is 14.1. The molecule has 2 aromatic carbocycles. The van der Waals surface area contributed by atoms with Crippen LogP contribution in [0.4, 0.5) is 0 Å². The van der Waals surface area contributed by atoms with E-state index in [1.165, 1.54) is 0 Å². The third-order valence-electron chi connectivity index (χ3n) is 2.89. The second kappa shape index (κ2) is 11.0. The summed E-state index contributed by atoms with van der Waals surface area (Å²) in [4.78, 5) is 0. The summed E-state index contributed by atoms with van der Waals surface area (Å²) >= 11 is 1.82. The van der Waals surface area contributed by atoms with Gasteiger partial charge in [-0.15, -0.1) is 12.1 Å². The molecule has 0 amide bonds. The first-order chi connectivity index (χ1) is 9.33. The zero-order chi connectivity index (χ0) is 14.1. The van der Waals surface area contributed by atoms with Crippen molar-refractivity contribution < 1.29 is 17.3 Å². The number of nitrogens with zero attached hydrogens (tertiary/aromatic N) is 1. The van der Waals surface area contributed by atoms with Crippen molar-refractivity contribution in [1.29, 1.82) is 0 Å². The molecule has 0 fully saturated rings. The molecule has 2 atom stereocenters. The molecule has 0 aliphatic heterocycles. The number of nitrogens with one attached hydrogen (secondary N) is 1. The first-order valence-electron chi connectivity index (χ1n) is 5.86. The van der Waals surface area contributed by atoms with Crippen molar-refractivity contribution in [2.75, 3.05) is 7.05 Å². The quantitative estimate of drug-likeness (QED) is 0.488. The molecule has 108 valence electrons. The number of rotatable bonds is 4. The number of benzene rings is 2. The van der Waals surface area contributed by atoms with Gasteiger partial charge in [0, 0.05) is 0 Å². The fourth-order valence-corrected chi connectivity index (χ4v) is 1.98. The van der Waals surface area contributed by atoms with Crippen molar-refractivity contribution in [1.82, 2.24) is 0 Å². The summed E-state index contributed by atoms with van der Waals surface area (Å²) < 4.78 is 0. The average Bonchev–Trinajstić information content (AvgIpc) is 2.52. The summed E-state index contributed by atoms with van der Waals surface area (Å²) in [6.07, 6.45) is 0. The third kappa shape index (κ3) is 5.34. The molecule has 0 spiro atoms. The van der Waals surface area contributed by atoms with Crippen LogP contribution in [0.2, 0.25) is 0 Å². The van der Waals surface area contributed by atoms with Crippen molar-refractivity contribution in [2.24, 2.45) is 0 Å². The topological polar surface area (TPSA) is 37.9 Å². The zero-order valence-electron chi connectivity index (χ0n) is 11.6. The maximum absolute atomic E-state index is 8.31. The van der Waals surface area contributed by atoms with Crippen LogP contribution >= 0.6 is 9.69 Å². The van der Waals surface area contributed by atoms with Gasteiger partial charge in [0.1, 0.15) is 0 Å². The summed E-state index contributed by atoms with van der Waals surface area (Å²) in [5.74, 6) is 0. The van der Waals surface area contributed by atoms with E-state index in [0.717, 1.165) is 11.1 Å². The van der Waals surface area contributed by atoms with Crippen molar-refractivity contribution in [3.05, 3.63) is 90.3 Å². The van der Waals surface area contributed by atoms with Crippen LogP contribution in [-0.4, -0.2) is 7.05 Å². The Bertz CT molecular complexity index is 451. The van der Waals surface area contributed by atoms with Gasteiger partial charge in [-0.05, 0) is 0 Å². The second-order valence-corrected chi connectivity index (χ2v) is 4.00. The summed E-state index contributed by atoms with van der Waals surface area (Å²) in [6.45, 7) is 0. The molecule has 0 aromatic heterocycles. The van der Waals surface area contributed by atoms with Crippen molar-refractivity contribution in [3.63, 3.8) is 0 Å². The molecular weight excluding hydrogens is 357 g/mol. The number of hydrogen-bond acceptors (Lipinski definition) is 0.